The fourth-order valence-electron chi connectivity index (χ4n) is 1.73. The van der Waals surface area contributed by atoms with Gasteiger partial charge < -0.3 is 0 Å². The highest BCUT2D eigenvalue weighted by molar-refractivity contribution is 6.52. The predicted molar refractivity (Wildman–Crippen MR) is 53.9 cm³/mol. The van der Waals surface area contributed by atoms with Crippen molar-refractivity contribution in [1.82, 2.24) is 0 Å². The van der Waals surface area contributed by atoms with E-state index >= 15 is 0 Å². The van der Waals surface area contributed by atoms with Gasteiger partial charge in [-0.3, -0.25) is 14.5 Å². The summed E-state index contributed by atoms with van der Waals surface area (Å²) in [6.45, 7) is 1.04. The Kier molecular flexibility index (Phi) is 2.46. The number of Topliss-reactive ketones (excluding diaryl/α,β-unsaturated/α-hetero) is 1. The van der Waals surface area contributed by atoms with E-state index in [-0.39, 0.29) is 11.3 Å². The molecule has 1 aromatic carbocycles. The first kappa shape index (κ1) is 10.7. The van der Waals surface area contributed by atoms with Crippen molar-refractivity contribution >= 4 is 17.4 Å². The summed E-state index contributed by atoms with van der Waals surface area (Å²) in [5.74, 6) is -1.58. The molecule has 1 aliphatic heterocycles. The molecule has 0 saturated heterocycles. The van der Waals surface area contributed by atoms with Crippen molar-refractivity contribution in [3.63, 3.8) is 0 Å². The lowest BCUT2D eigenvalue weighted by Crippen LogP contribution is -2.33. The van der Waals surface area contributed by atoms with E-state index in [0.29, 0.717) is 0 Å². The number of amides is 1. The summed E-state index contributed by atoms with van der Waals surface area (Å²) >= 11 is 0. The number of alkyl halides is 2. The molecule has 0 bridgehead atoms. The van der Waals surface area contributed by atoms with Gasteiger partial charge in [0.2, 0.25) is 0 Å². The Morgan fingerprint density at radius 3 is 2.62 bits per heavy atom. The number of hydrogen-bond donors (Lipinski definition) is 0. The smallest absolute Gasteiger partial charge is 0.299 e. The Balaban J connectivity index is 2.46. The van der Waals surface area contributed by atoms with Crippen molar-refractivity contribution in [2.45, 2.75) is 13.3 Å². The van der Waals surface area contributed by atoms with Crippen LogP contribution >= 0.6 is 0 Å². The quantitative estimate of drug-likeness (QED) is 0.719. The first-order valence-electron chi connectivity index (χ1n) is 4.75. The second-order valence-corrected chi connectivity index (χ2v) is 3.66. The molecule has 2 rings (SSSR count). The number of nitrogens with zero attached hydrogens (tertiary/aromatic N) is 1. The summed E-state index contributed by atoms with van der Waals surface area (Å²) in [6.07, 6.45) is -2.65. The molecule has 16 heavy (non-hydrogen) atoms. The molecule has 1 aliphatic rings. The first-order chi connectivity index (χ1) is 7.50. The van der Waals surface area contributed by atoms with Crippen LogP contribution in [0.1, 0.15) is 15.9 Å². The van der Waals surface area contributed by atoms with Crippen molar-refractivity contribution in [3.05, 3.63) is 29.3 Å². The normalized spacial score (nSPS) is 14.9. The maximum Gasteiger partial charge on any atom is 0.299 e. The number of hydrogen-bond acceptors (Lipinski definition) is 2. The van der Waals surface area contributed by atoms with Crippen molar-refractivity contribution in [1.29, 1.82) is 0 Å². The lowest BCUT2D eigenvalue weighted by Gasteiger charge is -2.15. The van der Waals surface area contributed by atoms with Crippen LogP contribution in [0.3, 0.4) is 0 Å². The van der Waals surface area contributed by atoms with Gasteiger partial charge in [-0.2, -0.15) is 0 Å². The van der Waals surface area contributed by atoms with E-state index < -0.39 is 24.7 Å². The molecule has 0 N–H and O–H groups in total. The third kappa shape index (κ3) is 1.58. The van der Waals surface area contributed by atoms with E-state index in [1.807, 2.05) is 0 Å². The Morgan fingerprint density at radius 2 is 2.00 bits per heavy atom. The Hall–Kier alpha value is -1.78. The monoisotopic (exact) mass is 225 g/mol. The zero-order chi connectivity index (χ0) is 11.9. The van der Waals surface area contributed by atoms with E-state index in [0.717, 1.165) is 10.5 Å². The zero-order valence-corrected chi connectivity index (χ0v) is 8.54. The maximum absolute atomic E-state index is 12.3. The second kappa shape index (κ2) is 3.66. The van der Waals surface area contributed by atoms with Gasteiger partial charge >= 0.3 is 0 Å². The number of benzene rings is 1. The number of fused-ring (bicyclic) bond motifs is 1. The molecule has 0 aromatic heterocycles. The average molecular weight is 225 g/mol. The number of carbonyl (C=O) groups excluding carboxylic acids is 2. The molecule has 1 heterocycles. The molecular weight excluding hydrogens is 216 g/mol. The van der Waals surface area contributed by atoms with Crippen molar-refractivity contribution in [2.24, 2.45) is 0 Å². The van der Waals surface area contributed by atoms with Crippen LogP contribution in [0.5, 0.6) is 0 Å². The molecule has 0 saturated carbocycles. The molecule has 1 aromatic rings. The predicted octanol–water partition coefficient (Wildman–Crippen LogP) is 1.79. The molecule has 0 spiro atoms. The van der Waals surface area contributed by atoms with Crippen LogP contribution in [-0.4, -0.2) is 24.7 Å². The molecule has 1 amide bonds. The van der Waals surface area contributed by atoms with Crippen molar-refractivity contribution < 1.29 is 18.4 Å². The molecule has 0 fully saturated rings. The number of carbonyl (C=O) groups is 2. The van der Waals surface area contributed by atoms with E-state index in [1.165, 1.54) is 6.07 Å². The summed E-state index contributed by atoms with van der Waals surface area (Å²) in [6, 6.07) is 4.75. The summed E-state index contributed by atoms with van der Waals surface area (Å²) in [5.41, 5.74) is 1.31. The topological polar surface area (TPSA) is 37.4 Å². The van der Waals surface area contributed by atoms with Crippen molar-refractivity contribution in [3.8, 4) is 0 Å². The zero-order valence-electron chi connectivity index (χ0n) is 8.54. The van der Waals surface area contributed by atoms with Crippen LogP contribution in [0.2, 0.25) is 0 Å². The minimum Gasteiger partial charge on any atom is -0.299 e. The fourth-order valence-corrected chi connectivity index (χ4v) is 1.73. The standard InChI is InChI=1S/C11H9F2NO2/c1-6-2-3-8-7(4-6)10(15)11(16)14(8)5-9(12)13/h2-4,9H,5H2,1H3. The van der Waals surface area contributed by atoms with E-state index in [4.69, 9.17) is 0 Å². The highest BCUT2D eigenvalue weighted by atomic mass is 19.3. The fraction of sp³-hybridized carbons (Fsp3) is 0.273. The van der Waals surface area contributed by atoms with Crippen LogP contribution in [-0.2, 0) is 4.79 Å². The first-order valence-corrected chi connectivity index (χ1v) is 4.75. The van der Waals surface area contributed by atoms with Gasteiger partial charge in [0.1, 0.15) is 0 Å². The van der Waals surface area contributed by atoms with Gasteiger partial charge in [0.15, 0.2) is 0 Å². The maximum atomic E-state index is 12.3. The third-order valence-electron chi connectivity index (χ3n) is 2.45. The summed E-state index contributed by atoms with van der Waals surface area (Å²) < 4.78 is 24.5. The summed E-state index contributed by atoms with van der Waals surface area (Å²) in [5, 5.41) is 0. The molecule has 3 nitrogen and oxygen atoms in total. The van der Waals surface area contributed by atoms with Crippen LogP contribution in [0.4, 0.5) is 14.5 Å². The van der Waals surface area contributed by atoms with E-state index in [9.17, 15) is 18.4 Å². The number of halogens is 2. The van der Waals surface area contributed by atoms with Gasteiger partial charge in [0.25, 0.3) is 18.1 Å². The Bertz CT molecular complexity index is 471. The van der Waals surface area contributed by atoms with Gasteiger partial charge in [0, 0.05) is 0 Å². The number of ketones is 1. The van der Waals surface area contributed by atoms with Gasteiger partial charge in [-0.25, -0.2) is 8.78 Å². The number of aryl methyl sites for hydroxylation is 1. The molecule has 0 aliphatic carbocycles. The molecule has 0 atom stereocenters. The molecular formula is C11H9F2NO2. The molecule has 0 unspecified atom stereocenters. The highest BCUT2D eigenvalue weighted by Gasteiger charge is 2.36. The lowest BCUT2D eigenvalue weighted by molar-refractivity contribution is -0.114. The van der Waals surface area contributed by atoms with Crippen LogP contribution in [0.15, 0.2) is 18.2 Å². The number of rotatable bonds is 2. The summed E-state index contributed by atoms with van der Waals surface area (Å²) in [7, 11) is 0. The largest absolute Gasteiger partial charge is 0.299 e. The molecule has 5 heteroatoms. The van der Waals surface area contributed by atoms with Crippen LogP contribution in [0, 0.1) is 6.92 Å². The van der Waals surface area contributed by atoms with Crippen LogP contribution < -0.4 is 4.90 Å². The third-order valence-corrected chi connectivity index (χ3v) is 2.45. The summed E-state index contributed by atoms with van der Waals surface area (Å²) in [4.78, 5) is 23.8. The molecule has 84 valence electrons. The average Bonchev–Trinajstić information content (AvgIpc) is 2.43. The van der Waals surface area contributed by atoms with Gasteiger partial charge in [-0.1, -0.05) is 11.6 Å². The van der Waals surface area contributed by atoms with Gasteiger partial charge in [0.05, 0.1) is 17.8 Å². The second-order valence-electron chi connectivity index (χ2n) is 3.66. The molecule has 0 radical (unpaired) electrons. The van der Waals surface area contributed by atoms with Gasteiger partial charge in [-0.15, -0.1) is 0 Å². The van der Waals surface area contributed by atoms with E-state index in [2.05, 4.69) is 0 Å². The Morgan fingerprint density at radius 1 is 1.31 bits per heavy atom. The number of anilines is 1. The van der Waals surface area contributed by atoms with Crippen molar-refractivity contribution in [2.75, 3.05) is 11.4 Å². The minimum absolute atomic E-state index is 0.214. The van der Waals surface area contributed by atoms with Crippen LogP contribution in [0.25, 0.3) is 0 Å². The van der Waals surface area contributed by atoms with E-state index in [1.54, 1.807) is 19.1 Å². The Labute approximate surface area is 90.7 Å². The minimum atomic E-state index is -2.65. The van der Waals surface area contributed by atoms with Gasteiger partial charge in [-0.05, 0) is 19.1 Å². The lowest BCUT2D eigenvalue weighted by atomic mass is 10.1. The SMILES string of the molecule is Cc1ccc2c(c1)C(=O)C(=O)N2CC(F)F. The highest BCUT2D eigenvalue weighted by Crippen LogP contribution is 2.29.